The van der Waals surface area contributed by atoms with E-state index >= 15 is 0 Å². The molecule has 0 amide bonds. The van der Waals surface area contributed by atoms with Gasteiger partial charge in [0.05, 0.1) is 11.9 Å². The Bertz CT molecular complexity index is 580. The van der Waals surface area contributed by atoms with E-state index in [9.17, 15) is 0 Å². The van der Waals surface area contributed by atoms with E-state index < -0.39 is 0 Å². The van der Waals surface area contributed by atoms with E-state index in [1.54, 1.807) is 11.3 Å². The number of rotatable bonds is 3. The van der Waals surface area contributed by atoms with Gasteiger partial charge in [0.1, 0.15) is 16.5 Å². The fraction of sp³-hybridized carbons (Fsp3) is 0.600. The fourth-order valence-electron chi connectivity index (χ4n) is 2.99. The zero-order valence-corrected chi connectivity index (χ0v) is 12.8. The monoisotopic (exact) mass is 290 g/mol. The van der Waals surface area contributed by atoms with Crippen LogP contribution >= 0.6 is 11.3 Å². The first kappa shape index (κ1) is 13.8. The second kappa shape index (κ2) is 6.06. The zero-order valence-electron chi connectivity index (χ0n) is 12.0. The maximum atomic E-state index is 6.02. The molecule has 1 unspecified atom stereocenters. The minimum absolute atomic E-state index is 0.618. The lowest BCUT2D eigenvalue weighted by atomic mass is 9.98. The van der Waals surface area contributed by atoms with Crippen LogP contribution in [-0.2, 0) is 6.54 Å². The molecule has 0 radical (unpaired) electrons. The van der Waals surface area contributed by atoms with E-state index in [-0.39, 0.29) is 0 Å². The summed E-state index contributed by atoms with van der Waals surface area (Å²) in [5.74, 6) is 2.38. The van der Waals surface area contributed by atoms with Crippen LogP contribution in [0.3, 0.4) is 0 Å². The standard InChI is InChI=1S/C15H22N4S/c1-2-11-4-3-7-19(8-5-11)10-13-17-14(16)12-6-9-20-15(12)18-13/h6,9,11H,2-5,7-8,10H2,1H3,(H2,16,17,18). The highest BCUT2D eigenvalue weighted by atomic mass is 32.1. The van der Waals surface area contributed by atoms with Gasteiger partial charge in [-0.25, -0.2) is 9.97 Å². The first-order valence-electron chi connectivity index (χ1n) is 7.48. The van der Waals surface area contributed by atoms with Crippen LogP contribution in [0.5, 0.6) is 0 Å². The molecule has 2 N–H and O–H groups in total. The lowest BCUT2D eigenvalue weighted by Crippen LogP contribution is -2.25. The number of hydrogen-bond donors (Lipinski definition) is 1. The van der Waals surface area contributed by atoms with E-state index in [4.69, 9.17) is 5.73 Å². The van der Waals surface area contributed by atoms with Crippen LogP contribution < -0.4 is 5.73 Å². The summed E-state index contributed by atoms with van der Waals surface area (Å²) < 4.78 is 0. The van der Waals surface area contributed by atoms with Crippen molar-refractivity contribution in [3.63, 3.8) is 0 Å². The molecule has 5 heteroatoms. The van der Waals surface area contributed by atoms with Gasteiger partial charge in [-0.05, 0) is 49.7 Å². The Balaban J connectivity index is 1.72. The Morgan fingerprint density at radius 2 is 2.25 bits per heavy atom. The number of nitrogen functional groups attached to an aromatic ring is 1. The molecule has 3 heterocycles. The Hall–Kier alpha value is -1.20. The molecule has 108 valence electrons. The van der Waals surface area contributed by atoms with Crippen LogP contribution in [0.2, 0.25) is 0 Å². The summed E-state index contributed by atoms with van der Waals surface area (Å²) in [5, 5.41) is 3.01. The van der Waals surface area contributed by atoms with Gasteiger partial charge >= 0.3 is 0 Å². The van der Waals surface area contributed by atoms with Crippen LogP contribution in [0, 0.1) is 5.92 Å². The first-order chi connectivity index (χ1) is 9.76. The molecule has 4 nitrogen and oxygen atoms in total. The molecule has 1 fully saturated rings. The lowest BCUT2D eigenvalue weighted by molar-refractivity contribution is 0.266. The van der Waals surface area contributed by atoms with Crippen LogP contribution in [0.1, 0.15) is 38.4 Å². The van der Waals surface area contributed by atoms with Gasteiger partial charge in [-0.2, -0.15) is 0 Å². The number of aromatic nitrogens is 2. The second-order valence-corrected chi connectivity index (χ2v) is 6.54. The van der Waals surface area contributed by atoms with Gasteiger partial charge in [-0.1, -0.05) is 13.3 Å². The minimum atomic E-state index is 0.618. The van der Waals surface area contributed by atoms with E-state index in [1.165, 1.54) is 25.7 Å². The molecule has 0 aliphatic carbocycles. The Morgan fingerprint density at radius 3 is 3.10 bits per heavy atom. The summed E-state index contributed by atoms with van der Waals surface area (Å²) in [7, 11) is 0. The predicted octanol–water partition coefficient (Wildman–Crippen LogP) is 3.29. The van der Waals surface area contributed by atoms with E-state index in [2.05, 4.69) is 21.8 Å². The highest BCUT2D eigenvalue weighted by Crippen LogP contribution is 2.24. The van der Waals surface area contributed by atoms with Crippen molar-refractivity contribution >= 4 is 27.4 Å². The number of anilines is 1. The normalized spacial score (nSPS) is 21.1. The predicted molar refractivity (Wildman–Crippen MR) is 84.7 cm³/mol. The van der Waals surface area contributed by atoms with Crippen molar-refractivity contribution in [2.45, 2.75) is 39.2 Å². The average molecular weight is 290 g/mol. The smallest absolute Gasteiger partial charge is 0.146 e. The van der Waals surface area contributed by atoms with Gasteiger partial charge < -0.3 is 5.73 Å². The summed E-state index contributed by atoms with van der Waals surface area (Å²) in [6.45, 7) is 5.44. The quantitative estimate of drug-likeness (QED) is 0.942. The third-order valence-electron chi connectivity index (χ3n) is 4.28. The highest BCUT2D eigenvalue weighted by Gasteiger charge is 2.17. The molecule has 1 atom stereocenters. The Kier molecular flexibility index (Phi) is 4.17. The topological polar surface area (TPSA) is 55.0 Å². The number of nitrogens with zero attached hydrogens (tertiary/aromatic N) is 3. The van der Waals surface area contributed by atoms with Gasteiger partial charge in [0.25, 0.3) is 0 Å². The van der Waals surface area contributed by atoms with E-state index in [1.807, 2.05) is 11.4 Å². The summed E-state index contributed by atoms with van der Waals surface area (Å²) >= 11 is 1.64. The minimum Gasteiger partial charge on any atom is -0.383 e. The van der Waals surface area contributed by atoms with Gasteiger partial charge in [0.15, 0.2) is 0 Å². The molecule has 1 aliphatic heterocycles. The molecular formula is C15H22N4S. The molecule has 0 bridgehead atoms. The van der Waals surface area contributed by atoms with Crippen molar-refractivity contribution in [1.29, 1.82) is 0 Å². The molecule has 1 saturated heterocycles. The SMILES string of the molecule is CCC1CCCN(Cc2nc(N)c3ccsc3n2)CC1. The summed E-state index contributed by atoms with van der Waals surface area (Å²) in [4.78, 5) is 12.6. The molecule has 0 spiro atoms. The molecule has 0 aromatic carbocycles. The van der Waals surface area contributed by atoms with E-state index in [0.29, 0.717) is 5.82 Å². The summed E-state index contributed by atoms with van der Waals surface area (Å²) in [6.07, 6.45) is 5.25. The number of nitrogens with two attached hydrogens (primary N) is 1. The number of fused-ring (bicyclic) bond motifs is 1. The highest BCUT2D eigenvalue weighted by molar-refractivity contribution is 7.16. The van der Waals surface area contributed by atoms with Gasteiger partial charge in [0.2, 0.25) is 0 Å². The molecule has 2 aromatic rings. The van der Waals surface area contributed by atoms with Gasteiger partial charge in [-0.3, -0.25) is 4.90 Å². The van der Waals surface area contributed by atoms with E-state index in [0.717, 1.165) is 41.6 Å². The third-order valence-corrected chi connectivity index (χ3v) is 5.09. The van der Waals surface area contributed by atoms with Crippen molar-refractivity contribution in [2.75, 3.05) is 18.8 Å². The van der Waals surface area contributed by atoms with Crippen LogP contribution in [0.15, 0.2) is 11.4 Å². The molecule has 20 heavy (non-hydrogen) atoms. The van der Waals surface area contributed by atoms with Crippen molar-refractivity contribution < 1.29 is 0 Å². The lowest BCUT2D eigenvalue weighted by Gasteiger charge is -2.19. The van der Waals surface area contributed by atoms with Crippen LogP contribution in [0.4, 0.5) is 5.82 Å². The summed E-state index contributed by atoms with van der Waals surface area (Å²) in [5.41, 5.74) is 6.02. The Labute approximate surface area is 124 Å². The van der Waals surface area contributed by atoms with Crippen LogP contribution in [-0.4, -0.2) is 28.0 Å². The first-order valence-corrected chi connectivity index (χ1v) is 8.36. The summed E-state index contributed by atoms with van der Waals surface area (Å²) in [6, 6.07) is 2.00. The second-order valence-electron chi connectivity index (χ2n) is 5.65. The molecular weight excluding hydrogens is 268 g/mol. The Morgan fingerprint density at radius 1 is 1.35 bits per heavy atom. The molecule has 0 saturated carbocycles. The van der Waals surface area contributed by atoms with Crippen molar-refractivity contribution in [3.05, 3.63) is 17.3 Å². The number of likely N-dealkylation sites (tertiary alicyclic amines) is 1. The van der Waals surface area contributed by atoms with Crippen molar-refractivity contribution in [2.24, 2.45) is 5.92 Å². The maximum absolute atomic E-state index is 6.02. The molecule has 3 rings (SSSR count). The van der Waals surface area contributed by atoms with Crippen molar-refractivity contribution in [1.82, 2.24) is 14.9 Å². The average Bonchev–Trinajstić information content (AvgIpc) is 2.79. The maximum Gasteiger partial charge on any atom is 0.146 e. The molecule has 1 aliphatic rings. The largest absolute Gasteiger partial charge is 0.383 e. The molecule has 2 aromatic heterocycles. The fourth-order valence-corrected chi connectivity index (χ4v) is 3.78. The third kappa shape index (κ3) is 2.94. The zero-order chi connectivity index (χ0) is 13.9. The van der Waals surface area contributed by atoms with Crippen LogP contribution in [0.25, 0.3) is 10.2 Å². The number of hydrogen-bond acceptors (Lipinski definition) is 5. The van der Waals surface area contributed by atoms with Crippen molar-refractivity contribution in [3.8, 4) is 0 Å². The number of thiophene rings is 1. The van der Waals surface area contributed by atoms with Gasteiger partial charge in [-0.15, -0.1) is 11.3 Å². The van der Waals surface area contributed by atoms with Gasteiger partial charge in [0, 0.05) is 0 Å².